The zero-order valence-electron chi connectivity index (χ0n) is 18.1. The summed E-state index contributed by atoms with van der Waals surface area (Å²) in [5.74, 6) is 1.48. The average Bonchev–Trinajstić information content (AvgIpc) is 2.80. The van der Waals surface area contributed by atoms with Gasteiger partial charge >= 0.3 is 6.03 Å². The van der Waals surface area contributed by atoms with E-state index in [4.69, 9.17) is 14.2 Å². The van der Waals surface area contributed by atoms with E-state index in [1.807, 2.05) is 67.6 Å². The molecule has 3 aromatic rings. The Labute approximate surface area is 187 Å². The second kappa shape index (κ2) is 9.58. The molecule has 2 N–H and O–H groups in total. The highest BCUT2D eigenvalue weighted by Gasteiger charge is 2.28. The molecule has 0 aromatic heterocycles. The Balaban J connectivity index is 1.33. The third-order valence-corrected chi connectivity index (χ3v) is 5.07. The van der Waals surface area contributed by atoms with E-state index in [0.717, 1.165) is 22.6 Å². The lowest BCUT2D eigenvalue weighted by Gasteiger charge is -2.31. The van der Waals surface area contributed by atoms with Gasteiger partial charge in [-0.1, -0.05) is 36.4 Å². The van der Waals surface area contributed by atoms with Gasteiger partial charge in [0.05, 0.1) is 20.3 Å². The van der Waals surface area contributed by atoms with Crippen molar-refractivity contribution in [1.82, 2.24) is 0 Å². The van der Waals surface area contributed by atoms with Crippen molar-refractivity contribution in [2.75, 3.05) is 24.4 Å². The zero-order chi connectivity index (χ0) is 22.4. The molecule has 1 aliphatic heterocycles. The van der Waals surface area contributed by atoms with Crippen molar-refractivity contribution in [3.63, 3.8) is 0 Å². The highest BCUT2D eigenvalue weighted by molar-refractivity contribution is 6.00. The molecule has 3 aromatic carbocycles. The quantitative estimate of drug-likeness (QED) is 0.503. The largest absolute Gasteiger partial charge is 0.497 e. The number of rotatable bonds is 7. The van der Waals surface area contributed by atoms with Crippen LogP contribution in [0.4, 0.5) is 16.2 Å². The predicted octanol–water partition coefficient (Wildman–Crippen LogP) is 5.72. The summed E-state index contributed by atoms with van der Waals surface area (Å²) in [4.78, 5) is 12.3. The van der Waals surface area contributed by atoms with Gasteiger partial charge < -0.3 is 24.8 Å². The first-order valence-corrected chi connectivity index (χ1v) is 10.4. The highest BCUT2D eigenvalue weighted by Crippen LogP contribution is 2.33. The van der Waals surface area contributed by atoms with Crippen molar-refractivity contribution in [1.29, 1.82) is 0 Å². The number of methoxy groups -OCH3 is 1. The van der Waals surface area contributed by atoms with Gasteiger partial charge in [0.25, 0.3) is 0 Å². The summed E-state index contributed by atoms with van der Waals surface area (Å²) in [6, 6.07) is 22.4. The monoisotopic (exact) mass is 430 g/mol. The summed E-state index contributed by atoms with van der Waals surface area (Å²) in [6.45, 7) is 2.96. The summed E-state index contributed by atoms with van der Waals surface area (Å²) < 4.78 is 17.2. The first-order chi connectivity index (χ1) is 15.5. The third kappa shape index (κ3) is 5.47. The third-order valence-electron chi connectivity index (χ3n) is 5.07. The fraction of sp³-hybridized carbons (Fsp3) is 0.192. The molecule has 6 heteroatoms. The van der Waals surface area contributed by atoms with Gasteiger partial charge in [-0.15, -0.1) is 0 Å². The maximum atomic E-state index is 12.3. The summed E-state index contributed by atoms with van der Waals surface area (Å²) in [7, 11) is 1.60. The minimum Gasteiger partial charge on any atom is -0.497 e. The summed E-state index contributed by atoms with van der Waals surface area (Å²) in [6.07, 6.45) is 3.98. The number of hydrogen-bond donors (Lipinski definition) is 2. The molecule has 32 heavy (non-hydrogen) atoms. The topological polar surface area (TPSA) is 68.8 Å². The number of urea groups is 1. The zero-order valence-corrected chi connectivity index (χ0v) is 18.1. The molecular formula is C26H26N2O4. The van der Waals surface area contributed by atoms with Crippen molar-refractivity contribution in [2.24, 2.45) is 0 Å². The molecule has 0 radical (unpaired) electrons. The van der Waals surface area contributed by atoms with Crippen LogP contribution in [0.2, 0.25) is 0 Å². The predicted molar refractivity (Wildman–Crippen MR) is 126 cm³/mol. The van der Waals surface area contributed by atoms with Crippen LogP contribution in [-0.2, 0) is 11.3 Å². The van der Waals surface area contributed by atoms with Crippen molar-refractivity contribution in [3.05, 3.63) is 90.0 Å². The van der Waals surface area contributed by atoms with E-state index in [-0.39, 0.29) is 6.03 Å². The van der Waals surface area contributed by atoms with Gasteiger partial charge in [0.15, 0.2) is 0 Å². The minimum atomic E-state index is -0.553. The second-order valence-electron chi connectivity index (χ2n) is 7.79. The molecule has 1 heterocycles. The van der Waals surface area contributed by atoms with E-state index in [1.165, 1.54) is 0 Å². The maximum Gasteiger partial charge on any atom is 0.323 e. The normalized spacial score (nSPS) is 16.6. The van der Waals surface area contributed by atoms with Crippen LogP contribution in [0.1, 0.15) is 18.1 Å². The number of fused-ring (bicyclic) bond motifs is 1. The van der Waals surface area contributed by atoms with Crippen molar-refractivity contribution >= 4 is 23.5 Å². The van der Waals surface area contributed by atoms with Gasteiger partial charge in [-0.3, -0.25) is 0 Å². The maximum absolute atomic E-state index is 12.3. The summed E-state index contributed by atoms with van der Waals surface area (Å²) in [5, 5.41) is 5.65. The van der Waals surface area contributed by atoms with E-state index in [9.17, 15) is 4.79 Å². The van der Waals surface area contributed by atoms with Gasteiger partial charge in [0, 0.05) is 16.9 Å². The molecule has 0 bridgehead atoms. The van der Waals surface area contributed by atoms with Crippen LogP contribution in [0, 0.1) is 0 Å². The van der Waals surface area contributed by atoms with Crippen molar-refractivity contribution < 1.29 is 19.0 Å². The van der Waals surface area contributed by atoms with Crippen LogP contribution in [0.25, 0.3) is 6.08 Å². The smallest absolute Gasteiger partial charge is 0.323 e. The fourth-order valence-corrected chi connectivity index (χ4v) is 3.39. The highest BCUT2D eigenvalue weighted by atomic mass is 16.5. The molecule has 164 valence electrons. The number of anilines is 2. The lowest BCUT2D eigenvalue weighted by Crippen LogP contribution is -2.37. The molecule has 0 saturated carbocycles. The number of ether oxygens (including phenoxy) is 3. The molecular weight excluding hydrogens is 404 g/mol. The lowest BCUT2D eigenvalue weighted by molar-refractivity contribution is 0.00632. The molecule has 0 fully saturated rings. The molecule has 0 saturated heterocycles. The van der Waals surface area contributed by atoms with Crippen LogP contribution in [-0.4, -0.2) is 25.3 Å². The van der Waals surface area contributed by atoms with Crippen LogP contribution in [0.15, 0.2) is 78.9 Å². The average molecular weight is 431 g/mol. The standard InChI is InChI=1S/C26H26N2O4/c1-26(18-31-17-19-6-4-3-5-7-19)15-14-20-16-22(10-13-24(20)32-26)28-25(29)27-21-8-11-23(30-2)12-9-21/h3-16H,17-18H2,1-2H3,(H2,27,28,29). The van der Waals surface area contributed by atoms with E-state index in [2.05, 4.69) is 10.6 Å². The molecule has 0 spiro atoms. The van der Waals surface area contributed by atoms with Crippen LogP contribution in [0.5, 0.6) is 11.5 Å². The molecule has 4 rings (SSSR count). The SMILES string of the molecule is COc1ccc(NC(=O)Nc2ccc3c(c2)C=CC(C)(COCc2ccccc2)O3)cc1. The first kappa shape index (κ1) is 21.5. The molecule has 0 aliphatic carbocycles. The van der Waals surface area contributed by atoms with Crippen LogP contribution < -0.4 is 20.1 Å². The Bertz CT molecular complexity index is 1100. The first-order valence-electron chi connectivity index (χ1n) is 10.4. The Morgan fingerprint density at radius 1 is 0.969 bits per heavy atom. The number of carbonyl (C=O) groups is 1. The summed E-state index contributed by atoms with van der Waals surface area (Å²) >= 11 is 0. The number of amides is 2. The van der Waals surface area contributed by atoms with Gasteiger partial charge in [-0.25, -0.2) is 4.79 Å². The molecule has 1 aliphatic rings. The minimum absolute atomic E-state index is 0.324. The Kier molecular flexibility index (Phi) is 6.42. The van der Waals surface area contributed by atoms with E-state index in [1.54, 1.807) is 31.4 Å². The van der Waals surface area contributed by atoms with E-state index < -0.39 is 5.60 Å². The van der Waals surface area contributed by atoms with Crippen LogP contribution in [0.3, 0.4) is 0 Å². The van der Waals surface area contributed by atoms with E-state index >= 15 is 0 Å². The number of benzene rings is 3. The van der Waals surface area contributed by atoms with Crippen molar-refractivity contribution in [3.8, 4) is 11.5 Å². The van der Waals surface area contributed by atoms with Crippen LogP contribution >= 0.6 is 0 Å². The van der Waals surface area contributed by atoms with Crippen molar-refractivity contribution in [2.45, 2.75) is 19.1 Å². The van der Waals surface area contributed by atoms with E-state index in [0.29, 0.717) is 24.6 Å². The Morgan fingerprint density at radius 2 is 1.69 bits per heavy atom. The molecule has 2 amide bonds. The molecule has 1 unspecified atom stereocenters. The molecule has 6 nitrogen and oxygen atoms in total. The number of hydrogen-bond acceptors (Lipinski definition) is 4. The molecule has 1 atom stereocenters. The summed E-state index contributed by atoms with van der Waals surface area (Å²) in [5.41, 5.74) is 2.82. The van der Waals surface area contributed by atoms with Gasteiger partial charge in [0.1, 0.15) is 17.1 Å². The fourth-order valence-electron chi connectivity index (χ4n) is 3.39. The van der Waals surface area contributed by atoms with Gasteiger partial charge in [0.2, 0.25) is 0 Å². The second-order valence-corrected chi connectivity index (χ2v) is 7.79. The lowest BCUT2D eigenvalue weighted by atomic mass is 10.0. The van der Waals surface area contributed by atoms with Gasteiger partial charge in [-0.05, 0) is 61.0 Å². The number of carbonyl (C=O) groups excluding carboxylic acids is 1. The van der Waals surface area contributed by atoms with Gasteiger partial charge in [-0.2, -0.15) is 0 Å². The number of nitrogens with one attached hydrogen (secondary N) is 2. The Morgan fingerprint density at radius 3 is 2.44 bits per heavy atom. The Hall–Kier alpha value is -3.77.